The van der Waals surface area contributed by atoms with Crippen LogP contribution in [0.5, 0.6) is 0 Å². The van der Waals surface area contributed by atoms with Crippen molar-refractivity contribution in [2.45, 2.75) is 26.3 Å². The predicted molar refractivity (Wildman–Crippen MR) is 114 cm³/mol. The summed E-state index contributed by atoms with van der Waals surface area (Å²) >= 11 is 5.98. The Kier molecular flexibility index (Phi) is 5.65. The van der Waals surface area contributed by atoms with Gasteiger partial charge in [0.1, 0.15) is 17.4 Å². The molecule has 1 aliphatic heterocycles. The number of carbonyl (C=O) groups excluding carboxylic acids is 2. The number of nitrogens with zero attached hydrogens (tertiary/aromatic N) is 4. The maximum atomic E-state index is 13.0. The van der Waals surface area contributed by atoms with Gasteiger partial charge in [0.2, 0.25) is 0 Å². The largest absolute Gasteiger partial charge is 0.467 e. The number of aryl methyl sites for hydroxylation is 2. The molecule has 1 aromatic carbocycles. The van der Waals surface area contributed by atoms with Gasteiger partial charge in [-0.25, -0.2) is 9.80 Å². The van der Waals surface area contributed by atoms with Crippen LogP contribution in [0.1, 0.15) is 45.5 Å². The number of amides is 1. The summed E-state index contributed by atoms with van der Waals surface area (Å²) in [5.41, 5.74) is 3.17. The zero-order valence-electron chi connectivity index (χ0n) is 17.3. The molecule has 0 spiro atoms. The molecule has 0 aliphatic carbocycles. The Labute approximate surface area is 184 Å². The molecule has 1 amide bonds. The topological polar surface area (TPSA) is 89.9 Å². The number of carbonyl (C=O) groups is 2. The minimum Gasteiger partial charge on any atom is -0.467 e. The Bertz CT molecular complexity index is 1150. The molecule has 0 fully saturated rings. The monoisotopic (exact) mass is 440 g/mol. The highest BCUT2D eigenvalue weighted by atomic mass is 35.5. The van der Waals surface area contributed by atoms with Crippen LogP contribution >= 0.6 is 11.6 Å². The molecule has 3 heterocycles. The van der Waals surface area contributed by atoms with E-state index in [4.69, 9.17) is 20.8 Å². The Morgan fingerprint density at radius 2 is 1.97 bits per heavy atom. The lowest BCUT2D eigenvalue weighted by Crippen LogP contribution is -2.31. The van der Waals surface area contributed by atoms with Gasteiger partial charge in [0.15, 0.2) is 6.61 Å². The first-order chi connectivity index (χ1) is 14.8. The van der Waals surface area contributed by atoms with Gasteiger partial charge in [0, 0.05) is 24.2 Å². The second kappa shape index (κ2) is 8.39. The standard InChI is InChI=1S/C22H21ClN4O4/c1-13-21(14(2)26(3)24-13)22(29)31-12-20(28)27-18(19-5-4-10-30-19)11-17(25-27)15-6-8-16(23)9-7-15/h4-10,18H,11-12H2,1-3H3/t18-/m1/s1. The van der Waals surface area contributed by atoms with E-state index < -0.39 is 24.5 Å². The van der Waals surface area contributed by atoms with E-state index in [1.807, 2.05) is 12.1 Å². The fourth-order valence-electron chi connectivity index (χ4n) is 3.59. The minimum atomic E-state index is -0.591. The first-order valence-corrected chi connectivity index (χ1v) is 10.1. The van der Waals surface area contributed by atoms with Gasteiger partial charge in [0.25, 0.3) is 5.91 Å². The zero-order chi connectivity index (χ0) is 22.1. The second-order valence-electron chi connectivity index (χ2n) is 7.27. The summed E-state index contributed by atoms with van der Waals surface area (Å²) < 4.78 is 12.4. The number of rotatable bonds is 5. The highest BCUT2D eigenvalue weighted by Crippen LogP contribution is 2.33. The van der Waals surface area contributed by atoms with Gasteiger partial charge in [-0.15, -0.1) is 0 Å². The predicted octanol–water partition coefficient (Wildman–Crippen LogP) is 3.82. The van der Waals surface area contributed by atoms with Crippen LogP contribution < -0.4 is 0 Å². The molecule has 0 saturated heterocycles. The van der Waals surface area contributed by atoms with Crippen LogP contribution in [0, 0.1) is 13.8 Å². The van der Waals surface area contributed by atoms with Crippen LogP contribution in [0.4, 0.5) is 0 Å². The molecule has 4 rings (SSSR count). The van der Waals surface area contributed by atoms with Gasteiger partial charge in [-0.05, 0) is 43.7 Å². The lowest BCUT2D eigenvalue weighted by Gasteiger charge is -2.19. The van der Waals surface area contributed by atoms with Gasteiger partial charge >= 0.3 is 5.97 Å². The van der Waals surface area contributed by atoms with Crippen LogP contribution in [0.15, 0.2) is 52.2 Å². The maximum Gasteiger partial charge on any atom is 0.342 e. The number of aromatic nitrogens is 2. The molecule has 0 radical (unpaired) electrons. The van der Waals surface area contributed by atoms with Crippen molar-refractivity contribution in [3.63, 3.8) is 0 Å². The highest BCUT2D eigenvalue weighted by molar-refractivity contribution is 6.30. The van der Waals surface area contributed by atoms with Crippen molar-refractivity contribution in [3.8, 4) is 0 Å². The van der Waals surface area contributed by atoms with Gasteiger partial charge in [-0.1, -0.05) is 23.7 Å². The van der Waals surface area contributed by atoms with Gasteiger partial charge in [-0.3, -0.25) is 9.48 Å². The van der Waals surface area contributed by atoms with E-state index in [2.05, 4.69) is 10.2 Å². The second-order valence-corrected chi connectivity index (χ2v) is 7.71. The van der Waals surface area contributed by atoms with E-state index in [1.54, 1.807) is 56.1 Å². The molecule has 31 heavy (non-hydrogen) atoms. The maximum absolute atomic E-state index is 13.0. The Morgan fingerprint density at radius 1 is 1.23 bits per heavy atom. The van der Waals surface area contributed by atoms with Crippen molar-refractivity contribution < 1.29 is 18.7 Å². The third kappa shape index (κ3) is 4.11. The van der Waals surface area contributed by atoms with Crippen LogP contribution in [0.25, 0.3) is 0 Å². The molecule has 3 aromatic rings. The van der Waals surface area contributed by atoms with Crippen molar-refractivity contribution in [1.29, 1.82) is 0 Å². The Morgan fingerprint density at radius 3 is 2.58 bits per heavy atom. The summed E-state index contributed by atoms with van der Waals surface area (Å²) in [5.74, 6) is -0.434. The van der Waals surface area contributed by atoms with E-state index in [0.29, 0.717) is 34.2 Å². The average molecular weight is 441 g/mol. The summed E-state index contributed by atoms with van der Waals surface area (Å²) in [7, 11) is 1.75. The van der Waals surface area contributed by atoms with E-state index in [0.717, 1.165) is 11.3 Å². The fraction of sp³-hybridized carbons (Fsp3) is 0.273. The summed E-state index contributed by atoms with van der Waals surface area (Å²) in [6, 6.07) is 10.4. The molecule has 8 nitrogen and oxygen atoms in total. The molecule has 1 atom stereocenters. The molecular weight excluding hydrogens is 420 g/mol. The van der Waals surface area contributed by atoms with E-state index in [9.17, 15) is 9.59 Å². The Balaban J connectivity index is 1.53. The van der Waals surface area contributed by atoms with E-state index in [-0.39, 0.29) is 0 Å². The number of hydrogen-bond acceptors (Lipinski definition) is 6. The van der Waals surface area contributed by atoms with Crippen molar-refractivity contribution in [2.24, 2.45) is 12.1 Å². The number of furan rings is 1. The SMILES string of the molecule is Cc1nn(C)c(C)c1C(=O)OCC(=O)N1N=C(c2ccc(Cl)cc2)C[C@@H]1c1ccco1. The van der Waals surface area contributed by atoms with Crippen LogP contribution in [-0.2, 0) is 16.6 Å². The van der Waals surface area contributed by atoms with Crippen molar-refractivity contribution >= 4 is 29.2 Å². The first-order valence-electron chi connectivity index (χ1n) is 9.71. The smallest absolute Gasteiger partial charge is 0.342 e. The quantitative estimate of drug-likeness (QED) is 0.562. The molecule has 2 aromatic heterocycles. The third-order valence-corrected chi connectivity index (χ3v) is 5.51. The number of esters is 1. The van der Waals surface area contributed by atoms with Gasteiger partial charge in [-0.2, -0.15) is 10.2 Å². The molecular formula is C22H21ClN4O4. The number of halogens is 1. The normalized spacial score (nSPS) is 15.8. The van der Waals surface area contributed by atoms with Gasteiger partial charge < -0.3 is 9.15 Å². The lowest BCUT2D eigenvalue weighted by atomic mass is 10.0. The van der Waals surface area contributed by atoms with E-state index >= 15 is 0 Å². The molecule has 160 valence electrons. The van der Waals surface area contributed by atoms with Gasteiger partial charge in [0.05, 0.1) is 17.7 Å². The third-order valence-electron chi connectivity index (χ3n) is 5.25. The number of ether oxygens (including phenoxy) is 1. The number of benzene rings is 1. The minimum absolute atomic E-state index is 0.365. The van der Waals surface area contributed by atoms with Crippen LogP contribution in [-0.4, -0.2) is 39.0 Å². The zero-order valence-corrected chi connectivity index (χ0v) is 18.1. The molecule has 0 N–H and O–H groups in total. The molecule has 1 aliphatic rings. The van der Waals surface area contributed by atoms with Crippen LogP contribution in [0.3, 0.4) is 0 Å². The van der Waals surface area contributed by atoms with E-state index in [1.165, 1.54) is 5.01 Å². The van der Waals surface area contributed by atoms with Crippen molar-refractivity contribution in [3.05, 3.63) is 76.0 Å². The highest BCUT2D eigenvalue weighted by Gasteiger charge is 2.35. The first kappa shape index (κ1) is 20.9. The summed E-state index contributed by atoms with van der Waals surface area (Å²) in [4.78, 5) is 25.5. The number of hydrogen-bond donors (Lipinski definition) is 0. The Hall–Kier alpha value is -3.39. The lowest BCUT2D eigenvalue weighted by molar-refractivity contribution is -0.136. The summed E-state index contributed by atoms with van der Waals surface area (Å²) in [6.45, 7) is 3.05. The average Bonchev–Trinajstić information content (AvgIpc) is 3.46. The van der Waals surface area contributed by atoms with Crippen molar-refractivity contribution in [1.82, 2.24) is 14.8 Å². The molecule has 0 saturated carbocycles. The molecule has 0 unspecified atom stereocenters. The van der Waals surface area contributed by atoms with Crippen LogP contribution in [0.2, 0.25) is 5.02 Å². The summed E-state index contributed by atoms with van der Waals surface area (Å²) in [6.07, 6.45) is 2.02. The number of hydrazone groups is 1. The fourth-order valence-corrected chi connectivity index (χ4v) is 3.72. The molecule has 9 heteroatoms. The summed E-state index contributed by atoms with van der Waals surface area (Å²) in [5, 5.41) is 10.6. The van der Waals surface area contributed by atoms with Crippen molar-refractivity contribution in [2.75, 3.05) is 6.61 Å². The molecule has 0 bridgehead atoms.